The van der Waals surface area contributed by atoms with Crippen molar-refractivity contribution in [3.05, 3.63) is 47.5 Å². The Balaban J connectivity index is 1.50. The fourth-order valence-electron chi connectivity index (χ4n) is 4.89. The van der Waals surface area contributed by atoms with E-state index >= 15 is 4.39 Å². The molecule has 5 nitrogen and oxygen atoms in total. The van der Waals surface area contributed by atoms with Crippen molar-refractivity contribution in [1.82, 2.24) is 9.97 Å². The lowest BCUT2D eigenvalue weighted by molar-refractivity contribution is -0.137. The molecule has 1 aromatic heterocycles. The van der Waals surface area contributed by atoms with Gasteiger partial charge in [0.05, 0.1) is 17.7 Å². The number of hydrogen-bond acceptors (Lipinski definition) is 5. The number of alkyl halides is 3. The van der Waals surface area contributed by atoms with Crippen LogP contribution in [0.3, 0.4) is 0 Å². The van der Waals surface area contributed by atoms with E-state index in [1.54, 1.807) is 7.11 Å². The molecule has 0 spiro atoms. The first-order chi connectivity index (χ1) is 15.4. The van der Waals surface area contributed by atoms with Crippen LogP contribution in [0.2, 0.25) is 0 Å². The molecule has 0 bridgehead atoms. The summed E-state index contributed by atoms with van der Waals surface area (Å²) in [6.07, 6.45) is 2.92. The Hall–Kier alpha value is -2.42. The van der Waals surface area contributed by atoms with Gasteiger partial charge in [-0.3, -0.25) is 0 Å². The van der Waals surface area contributed by atoms with Gasteiger partial charge in [-0.25, -0.2) is 9.97 Å². The van der Waals surface area contributed by atoms with E-state index in [9.17, 15) is 13.2 Å². The van der Waals surface area contributed by atoms with E-state index in [1.165, 1.54) is 18.5 Å². The highest BCUT2D eigenvalue weighted by atomic mass is 19.4. The van der Waals surface area contributed by atoms with Gasteiger partial charge in [0.25, 0.3) is 0 Å². The smallest absolute Gasteiger partial charge is 0.381 e. The molecule has 2 heterocycles. The molecule has 0 amide bonds. The first kappa shape index (κ1) is 22.8. The van der Waals surface area contributed by atoms with Crippen molar-refractivity contribution < 1.29 is 22.3 Å². The van der Waals surface area contributed by atoms with Crippen LogP contribution in [0.4, 0.5) is 29.2 Å². The summed E-state index contributed by atoms with van der Waals surface area (Å²) in [5.41, 5.74) is 0.0238. The number of ether oxygens (including phenoxy) is 1. The van der Waals surface area contributed by atoms with Gasteiger partial charge in [-0.2, -0.15) is 17.6 Å². The minimum atomic E-state index is -4.38. The molecular weight excluding hydrogens is 424 g/mol. The Morgan fingerprint density at radius 2 is 1.81 bits per heavy atom. The van der Waals surface area contributed by atoms with Gasteiger partial charge in [0, 0.05) is 26.1 Å². The number of anilines is 2. The van der Waals surface area contributed by atoms with Crippen LogP contribution >= 0.6 is 0 Å². The lowest BCUT2D eigenvalue weighted by Gasteiger charge is -2.31. The summed E-state index contributed by atoms with van der Waals surface area (Å²) in [5.74, 6) is 0.0830. The highest BCUT2D eigenvalue weighted by Crippen LogP contribution is 2.38. The van der Waals surface area contributed by atoms with Gasteiger partial charge in [0.15, 0.2) is 11.6 Å². The molecular formula is C23H28F4N4O. The average Bonchev–Trinajstić information content (AvgIpc) is 3.28. The summed E-state index contributed by atoms with van der Waals surface area (Å²) in [6, 6.07) is 4.86. The molecule has 2 fully saturated rings. The van der Waals surface area contributed by atoms with Gasteiger partial charge in [0.2, 0.25) is 5.82 Å². The highest BCUT2D eigenvalue weighted by Gasteiger charge is 2.33. The van der Waals surface area contributed by atoms with Crippen molar-refractivity contribution >= 4 is 11.6 Å². The molecule has 174 valence electrons. The van der Waals surface area contributed by atoms with Crippen molar-refractivity contribution in [1.29, 1.82) is 0 Å². The number of nitrogens with zero attached hydrogens (tertiary/aromatic N) is 3. The van der Waals surface area contributed by atoms with Crippen LogP contribution < -0.4 is 10.2 Å². The number of rotatable bonds is 6. The molecule has 1 aliphatic heterocycles. The molecule has 1 N–H and O–H groups in total. The van der Waals surface area contributed by atoms with Gasteiger partial charge in [0.1, 0.15) is 6.33 Å². The average molecular weight is 452 g/mol. The quantitative estimate of drug-likeness (QED) is 0.579. The second-order valence-corrected chi connectivity index (χ2v) is 8.53. The normalized spacial score (nSPS) is 24.0. The van der Waals surface area contributed by atoms with Crippen LogP contribution in [-0.2, 0) is 10.9 Å². The maximum atomic E-state index is 15.4. The number of nitrogens with one attached hydrogen (secondary N) is 1. The predicted molar refractivity (Wildman–Crippen MR) is 114 cm³/mol. The summed E-state index contributed by atoms with van der Waals surface area (Å²) in [6.45, 7) is 1.14. The van der Waals surface area contributed by atoms with Crippen LogP contribution in [0, 0.1) is 11.7 Å². The molecule has 1 saturated carbocycles. The number of benzene rings is 1. The second-order valence-electron chi connectivity index (χ2n) is 8.53. The molecule has 1 saturated heterocycles. The van der Waals surface area contributed by atoms with Gasteiger partial charge in [-0.1, -0.05) is 25.0 Å². The van der Waals surface area contributed by atoms with Crippen LogP contribution in [-0.4, -0.2) is 36.3 Å². The lowest BCUT2D eigenvalue weighted by Crippen LogP contribution is -2.32. The standard InChI is InChI=1S/C23H28F4N4O/c1-32-19-7-3-2-5-16(19)13-28-21-20(24)22(30-14-29-21)31-12-4-6-18(31)15-8-10-17(11-9-15)23(25,26)27/h8-11,14,16,18-19H,2-7,12-13H2,1H3,(H,28,29,30)/t16?,18-,19?/m1/s1. The summed E-state index contributed by atoms with van der Waals surface area (Å²) >= 11 is 0. The topological polar surface area (TPSA) is 50.3 Å². The van der Waals surface area contributed by atoms with E-state index < -0.39 is 17.6 Å². The van der Waals surface area contributed by atoms with E-state index in [-0.39, 0.29) is 23.8 Å². The second kappa shape index (κ2) is 9.60. The van der Waals surface area contributed by atoms with Crippen molar-refractivity contribution in [2.24, 2.45) is 5.92 Å². The van der Waals surface area contributed by atoms with Gasteiger partial charge in [-0.15, -0.1) is 0 Å². The fourth-order valence-corrected chi connectivity index (χ4v) is 4.89. The SMILES string of the molecule is COC1CCCCC1CNc1ncnc(N2CCC[C@@H]2c2ccc(C(F)(F)F)cc2)c1F. The first-order valence-electron chi connectivity index (χ1n) is 11.1. The van der Waals surface area contributed by atoms with E-state index in [4.69, 9.17) is 4.74 Å². The van der Waals surface area contributed by atoms with Crippen LogP contribution in [0.1, 0.15) is 55.7 Å². The zero-order chi connectivity index (χ0) is 22.7. The van der Waals surface area contributed by atoms with Gasteiger partial charge >= 0.3 is 6.18 Å². The Labute approximate surface area is 185 Å². The molecule has 32 heavy (non-hydrogen) atoms. The zero-order valence-electron chi connectivity index (χ0n) is 18.0. The molecule has 2 aromatic rings. The monoisotopic (exact) mass is 452 g/mol. The van der Waals surface area contributed by atoms with E-state index in [1.807, 2.05) is 4.90 Å². The third-order valence-electron chi connectivity index (χ3n) is 6.59. The van der Waals surface area contributed by atoms with Crippen molar-refractivity contribution in [3.63, 3.8) is 0 Å². The Morgan fingerprint density at radius 3 is 2.53 bits per heavy atom. The predicted octanol–water partition coefficient (Wildman–Crippen LogP) is 5.59. The van der Waals surface area contributed by atoms with Crippen molar-refractivity contribution in [3.8, 4) is 0 Å². The van der Waals surface area contributed by atoms with Crippen molar-refractivity contribution in [2.45, 2.75) is 56.8 Å². The van der Waals surface area contributed by atoms with Gasteiger partial charge in [-0.05, 0) is 43.4 Å². The van der Waals surface area contributed by atoms with Crippen molar-refractivity contribution in [2.75, 3.05) is 30.4 Å². The molecule has 9 heteroatoms. The number of halogens is 4. The molecule has 2 aliphatic rings. The van der Waals surface area contributed by atoms with Crippen LogP contribution in [0.25, 0.3) is 0 Å². The minimum Gasteiger partial charge on any atom is -0.381 e. The van der Waals surface area contributed by atoms with Gasteiger partial charge < -0.3 is 15.0 Å². The summed E-state index contributed by atoms with van der Waals surface area (Å²) in [5, 5.41) is 3.13. The maximum Gasteiger partial charge on any atom is 0.416 e. The molecule has 1 aliphatic carbocycles. The van der Waals surface area contributed by atoms with Crippen LogP contribution in [0.15, 0.2) is 30.6 Å². The number of aromatic nitrogens is 2. The maximum absolute atomic E-state index is 15.4. The zero-order valence-corrected chi connectivity index (χ0v) is 18.0. The lowest BCUT2D eigenvalue weighted by atomic mass is 9.86. The molecule has 0 radical (unpaired) electrons. The summed E-state index contributed by atoms with van der Waals surface area (Å²) in [4.78, 5) is 10.1. The summed E-state index contributed by atoms with van der Waals surface area (Å²) < 4.78 is 59.6. The fraction of sp³-hybridized carbons (Fsp3) is 0.565. The highest BCUT2D eigenvalue weighted by molar-refractivity contribution is 5.53. The molecule has 2 unspecified atom stereocenters. The third-order valence-corrected chi connectivity index (χ3v) is 6.59. The third kappa shape index (κ3) is 4.82. The van der Waals surface area contributed by atoms with E-state index in [0.29, 0.717) is 24.6 Å². The Kier molecular flexibility index (Phi) is 6.83. The Morgan fingerprint density at radius 1 is 1.06 bits per heavy atom. The summed E-state index contributed by atoms with van der Waals surface area (Å²) in [7, 11) is 1.71. The largest absolute Gasteiger partial charge is 0.416 e. The van der Waals surface area contributed by atoms with E-state index in [2.05, 4.69) is 15.3 Å². The molecule has 4 rings (SSSR count). The van der Waals surface area contributed by atoms with Crippen LogP contribution in [0.5, 0.6) is 0 Å². The molecule has 3 atom stereocenters. The minimum absolute atomic E-state index is 0.147. The van der Waals surface area contributed by atoms with E-state index in [0.717, 1.165) is 50.7 Å². The first-order valence-corrected chi connectivity index (χ1v) is 11.1. The molecule has 1 aromatic carbocycles. The number of methoxy groups -OCH3 is 1. The Bertz CT molecular complexity index is 906. The number of hydrogen-bond donors (Lipinski definition) is 1.